The van der Waals surface area contributed by atoms with Gasteiger partial charge in [-0.3, -0.25) is 5.32 Å². The van der Waals surface area contributed by atoms with E-state index in [1.165, 1.54) is 12.1 Å². The van der Waals surface area contributed by atoms with Crippen molar-refractivity contribution < 1.29 is 14.2 Å². The first-order valence-corrected chi connectivity index (χ1v) is 10.0. The molecule has 5 nitrogen and oxygen atoms in total. The number of hydrogen-bond donors (Lipinski definition) is 2. The summed E-state index contributed by atoms with van der Waals surface area (Å²) < 4.78 is 21.5. The fraction of sp³-hybridized carbons (Fsp3) is 0.526. The zero-order chi connectivity index (χ0) is 19.3. The number of halogens is 3. The van der Waals surface area contributed by atoms with Gasteiger partial charge in [-0.05, 0) is 37.5 Å². The molecule has 0 atom stereocenters. The number of hydrogen-bond acceptors (Lipinski definition) is 4. The SMILES string of the molecule is OC1(CCn2nc(CNCCl)cc2OCc2cc(Cl)ccc2F)CCCC1. The van der Waals surface area contributed by atoms with Crippen molar-refractivity contribution in [3.63, 3.8) is 0 Å². The minimum atomic E-state index is -0.628. The number of alkyl halides is 1. The molecule has 27 heavy (non-hydrogen) atoms. The number of benzene rings is 1. The third-order valence-electron chi connectivity index (χ3n) is 4.90. The summed E-state index contributed by atoms with van der Waals surface area (Å²) in [5.41, 5.74) is 0.525. The minimum absolute atomic E-state index is 0.0464. The Labute approximate surface area is 168 Å². The molecule has 2 N–H and O–H groups in total. The van der Waals surface area contributed by atoms with E-state index >= 15 is 0 Å². The maximum absolute atomic E-state index is 13.9. The molecule has 0 saturated heterocycles. The molecule has 0 radical (unpaired) electrons. The Balaban J connectivity index is 1.71. The number of nitrogens with one attached hydrogen (secondary N) is 1. The van der Waals surface area contributed by atoms with Crippen LogP contribution in [0, 0.1) is 5.82 Å². The van der Waals surface area contributed by atoms with Crippen LogP contribution < -0.4 is 10.1 Å². The highest BCUT2D eigenvalue weighted by molar-refractivity contribution is 6.30. The summed E-state index contributed by atoms with van der Waals surface area (Å²) in [6.07, 6.45) is 4.35. The third-order valence-corrected chi connectivity index (χ3v) is 5.32. The smallest absolute Gasteiger partial charge is 0.212 e. The maximum Gasteiger partial charge on any atom is 0.212 e. The first-order chi connectivity index (χ1) is 13.0. The molecule has 1 aliphatic rings. The predicted octanol–water partition coefficient (Wildman–Crippen LogP) is 4.24. The molecule has 3 rings (SSSR count). The van der Waals surface area contributed by atoms with Gasteiger partial charge in [-0.1, -0.05) is 24.4 Å². The van der Waals surface area contributed by atoms with Gasteiger partial charge in [0.1, 0.15) is 12.4 Å². The summed E-state index contributed by atoms with van der Waals surface area (Å²) in [5, 5.41) is 18.6. The van der Waals surface area contributed by atoms with E-state index in [4.69, 9.17) is 27.9 Å². The molecule has 1 heterocycles. The van der Waals surface area contributed by atoms with Crippen LogP contribution in [0.5, 0.6) is 5.88 Å². The van der Waals surface area contributed by atoms with Crippen molar-refractivity contribution >= 4 is 23.2 Å². The van der Waals surface area contributed by atoms with E-state index in [0.717, 1.165) is 31.4 Å². The molecule has 148 valence electrons. The number of aromatic nitrogens is 2. The highest BCUT2D eigenvalue weighted by Crippen LogP contribution is 2.33. The Morgan fingerprint density at radius 2 is 2.07 bits per heavy atom. The van der Waals surface area contributed by atoms with Gasteiger partial charge in [-0.25, -0.2) is 9.07 Å². The fourth-order valence-electron chi connectivity index (χ4n) is 3.39. The molecule has 0 aliphatic heterocycles. The van der Waals surface area contributed by atoms with E-state index in [2.05, 4.69) is 10.4 Å². The zero-order valence-electron chi connectivity index (χ0n) is 15.1. The number of rotatable bonds is 9. The quantitative estimate of drug-likeness (QED) is 0.475. The zero-order valence-corrected chi connectivity index (χ0v) is 16.6. The van der Waals surface area contributed by atoms with E-state index in [0.29, 0.717) is 42.0 Å². The first kappa shape index (κ1) is 20.4. The normalized spacial score (nSPS) is 16.0. The highest BCUT2D eigenvalue weighted by Gasteiger charge is 2.31. The molecule has 1 saturated carbocycles. The van der Waals surface area contributed by atoms with Crippen LogP contribution in [0.3, 0.4) is 0 Å². The average molecular weight is 416 g/mol. The summed E-state index contributed by atoms with van der Waals surface area (Å²) in [4.78, 5) is 0. The summed E-state index contributed by atoms with van der Waals surface area (Å²) in [6.45, 7) is 1.08. The van der Waals surface area contributed by atoms with Gasteiger partial charge in [0, 0.05) is 29.7 Å². The van der Waals surface area contributed by atoms with Crippen molar-refractivity contribution in [3.05, 3.63) is 46.4 Å². The Bertz CT molecular complexity index is 763. The van der Waals surface area contributed by atoms with Gasteiger partial charge in [0.2, 0.25) is 5.88 Å². The molecule has 0 unspecified atom stereocenters. The Morgan fingerprint density at radius 3 is 2.81 bits per heavy atom. The number of aliphatic hydroxyl groups is 1. The van der Waals surface area contributed by atoms with E-state index in [1.807, 2.05) is 0 Å². The largest absolute Gasteiger partial charge is 0.473 e. The van der Waals surface area contributed by atoms with E-state index in [-0.39, 0.29) is 12.4 Å². The summed E-state index contributed by atoms with van der Waals surface area (Å²) >= 11 is 11.6. The van der Waals surface area contributed by atoms with Gasteiger partial charge >= 0.3 is 0 Å². The average Bonchev–Trinajstić information content (AvgIpc) is 3.25. The lowest BCUT2D eigenvalue weighted by atomic mass is 9.98. The molecular formula is C19H24Cl2FN3O2. The number of ether oxygens (including phenoxy) is 1. The molecule has 1 aliphatic carbocycles. The lowest BCUT2D eigenvalue weighted by Crippen LogP contribution is -2.26. The molecule has 0 bridgehead atoms. The molecular weight excluding hydrogens is 392 g/mol. The van der Waals surface area contributed by atoms with Crippen molar-refractivity contribution in [2.45, 2.75) is 57.4 Å². The standard InChI is InChI=1S/C19H24Cl2FN3O2/c20-13-23-11-16-10-18(27-12-14-9-15(21)3-4-17(14)22)25(24-16)8-7-19(26)5-1-2-6-19/h3-4,9-10,23,26H,1-2,5-8,11-13H2. The molecule has 1 aromatic heterocycles. The van der Waals surface area contributed by atoms with Crippen LogP contribution in [0.1, 0.15) is 43.4 Å². The van der Waals surface area contributed by atoms with E-state index in [1.54, 1.807) is 16.8 Å². The van der Waals surface area contributed by atoms with Crippen LogP contribution in [-0.2, 0) is 19.7 Å². The molecule has 0 amide bonds. The van der Waals surface area contributed by atoms with Gasteiger partial charge in [0.05, 0.1) is 17.3 Å². The van der Waals surface area contributed by atoms with Gasteiger partial charge in [-0.15, -0.1) is 11.6 Å². The van der Waals surface area contributed by atoms with Gasteiger partial charge in [-0.2, -0.15) is 5.10 Å². The number of aryl methyl sites for hydroxylation is 1. The van der Waals surface area contributed by atoms with Crippen molar-refractivity contribution in [3.8, 4) is 5.88 Å². The second-order valence-electron chi connectivity index (χ2n) is 6.96. The van der Waals surface area contributed by atoms with Gasteiger partial charge in [0.15, 0.2) is 0 Å². The third kappa shape index (κ3) is 5.57. The molecule has 1 fully saturated rings. The van der Waals surface area contributed by atoms with Crippen LogP contribution in [0.4, 0.5) is 4.39 Å². The predicted molar refractivity (Wildman–Crippen MR) is 104 cm³/mol. The topological polar surface area (TPSA) is 59.3 Å². The summed E-state index contributed by atoms with van der Waals surface area (Å²) in [5.74, 6) is 0.164. The Hall–Kier alpha value is -1.34. The maximum atomic E-state index is 13.9. The Morgan fingerprint density at radius 1 is 1.30 bits per heavy atom. The fourth-order valence-corrected chi connectivity index (χ4v) is 3.68. The van der Waals surface area contributed by atoms with Crippen LogP contribution in [0.25, 0.3) is 0 Å². The van der Waals surface area contributed by atoms with Crippen molar-refractivity contribution in [2.75, 3.05) is 6.00 Å². The van der Waals surface area contributed by atoms with Gasteiger partial charge < -0.3 is 9.84 Å². The monoisotopic (exact) mass is 415 g/mol. The van der Waals surface area contributed by atoms with Crippen molar-refractivity contribution in [2.24, 2.45) is 0 Å². The Kier molecular flexibility index (Phi) is 6.98. The lowest BCUT2D eigenvalue weighted by Gasteiger charge is -2.22. The minimum Gasteiger partial charge on any atom is -0.473 e. The second kappa shape index (κ2) is 9.24. The second-order valence-corrected chi connectivity index (χ2v) is 7.67. The van der Waals surface area contributed by atoms with E-state index in [9.17, 15) is 9.50 Å². The summed E-state index contributed by atoms with van der Waals surface area (Å²) in [6, 6.07) is 6.50. The van der Waals surface area contributed by atoms with Crippen LogP contribution >= 0.6 is 23.2 Å². The first-order valence-electron chi connectivity index (χ1n) is 9.12. The summed E-state index contributed by atoms with van der Waals surface area (Å²) in [7, 11) is 0. The molecule has 2 aromatic rings. The lowest BCUT2D eigenvalue weighted by molar-refractivity contribution is 0.0326. The van der Waals surface area contributed by atoms with Crippen LogP contribution in [0.2, 0.25) is 5.02 Å². The molecule has 0 spiro atoms. The van der Waals surface area contributed by atoms with Crippen LogP contribution in [0.15, 0.2) is 24.3 Å². The molecule has 8 heteroatoms. The van der Waals surface area contributed by atoms with Crippen LogP contribution in [-0.4, -0.2) is 26.5 Å². The van der Waals surface area contributed by atoms with E-state index < -0.39 is 5.60 Å². The van der Waals surface area contributed by atoms with Crippen molar-refractivity contribution in [1.29, 1.82) is 0 Å². The molecule has 1 aromatic carbocycles. The van der Waals surface area contributed by atoms with Gasteiger partial charge in [0.25, 0.3) is 0 Å². The highest BCUT2D eigenvalue weighted by atomic mass is 35.5. The number of nitrogens with zero attached hydrogens (tertiary/aromatic N) is 2. The van der Waals surface area contributed by atoms with Crippen molar-refractivity contribution in [1.82, 2.24) is 15.1 Å².